The second-order valence-corrected chi connectivity index (χ2v) is 22.5. The van der Waals surface area contributed by atoms with Crippen molar-refractivity contribution >= 4 is 65.0 Å². The van der Waals surface area contributed by atoms with Crippen LogP contribution in [0.15, 0.2) is 97.1 Å². The number of ether oxygens (including phenoxy) is 2. The van der Waals surface area contributed by atoms with Crippen LogP contribution in [0.1, 0.15) is 93.3 Å². The summed E-state index contributed by atoms with van der Waals surface area (Å²) in [5.41, 5.74) is 12.9. The first-order valence-electron chi connectivity index (χ1n) is 22.6. The first-order valence-corrected chi connectivity index (χ1v) is 27.1. The number of carboxylic acids is 2. The number of para-hydroxylation sites is 2. The summed E-state index contributed by atoms with van der Waals surface area (Å²) in [7, 11) is -6.68. The van der Waals surface area contributed by atoms with Gasteiger partial charge in [-0.2, -0.15) is 0 Å². The lowest BCUT2D eigenvalue weighted by Gasteiger charge is -2.24. The van der Waals surface area contributed by atoms with Crippen LogP contribution in [0.2, 0.25) is 5.02 Å². The topological polar surface area (TPSA) is 231 Å². The molecule has 1 aliphatic heterocycles. The summed E-state index contributed by atoms with van der Waals surface area (Å²) in [5, 5.41) is 24.8. The maximum Gasteiger partial charge on any atom is 0.352 e. The van der Waals surface area contributed by atoms with Crippen LogP contribution >= 0.6 is 11.6 Å². The fraction of sp³-hybridized carbons (Fsp3) is 0.308. The fourth-order valence-electron chi connectivity index (χ4n) is 8.78. The molecule has 18 heteroatoms. The van der Waals surface area contributed by atoms with E-state index in [4.69, 9.17) is 26.8 Å². The molecule has 7 aromatic rings. The van der Waals surface area contributed by atoms with Gasteiger partial charge in [-0.3, -0.25) is 0 Å². The number of nitrogens with one attached hydrogen (secondary N) is 3. The third kappa shape index (κ3) is 12.5. The summed E-state index contributed by atoms with van der Waals surface area (Å²) in [6.07, 6.45) is 3.72. The molecule has 2 atom stereocenters. The van der Waals surface area contributed by atoms with Gasteiger partial charge in [-0.1, -0.05) is 96.5 Å². The number of piperidine rings is 1. The summed E-state index contributed by atoms with van der Waals surface area (Å²) in [6.45, 7) is 7.33. The predicted octanol–water partition coefficient (Wildman–Crippen LogP) is 9.76. The Labute approximate surface area is 411 Å². The van der Waals surface area contributed by atoms with Crippen molar-refractivity contribution in [1.82, 2.24) is 15.3 Å². The lowest BCUT2D eigenvalue weighted by Crippen LogP contribution is -2.30. The van der Waals surface area contributed by atoms with Crippen molar-refractivity contribution < 1.29 is 50.5 Å². The summed E-state index contributed by atoms with van der Waals surface area (Å²) < 4.78 is 73.6. The van der Waals surface area contributed by atoms with Crippen molar-refractivity contribution in [2.24, 2.45) is 11.7 Å². The van der Waals surface area contributed by atoms with E-state index in [0.717, 1.165) is 60.7 Å². The fourth-order valence-corrected chi connectivity index (χ4v) is 10.7. The van der Waals surface area contributed by atoms with Crippen molar-refractivity contribution in [3.63, 3.8) is 0 Å². The number of hydrogen-bond acceptors (Lipinski definition) is 10. The Hall–Kier alpha value is -5.92. The standard InChI is InChI=1S/C27H27ClN2O5S.C25H29FN2O5S/c1-16(35-14-18-8-6-17(13-29)7-9-18)21-4-3-5-22-24(26(27(31)32)30-25(21)22)19-10-11-20(23(28)12-19)15-36(2,33)34;1-15(33-13-16-8-10-27-11-9-16)19-4-3-5-20-22(24(25(29)30)28-23(19)20)17-6-7-18(21(26)12-17)14-34(2,31)32/h3-12,16,30H,13-15,29H2,1-2H3,(H,31,32);3-7,12,15-16,27-28H,8-11,13-14H2,1-2H3,(H,29,30). The summed E-state index contributed by atoms with van der Waals surface area (Å²) in [5.74, 6) is -3.10. The van der Waals surface area contributed by atoms with E-state index in [2.05, 4.69) is 15.3 Å². The first-order chi connectivity index (χ1) is 33.2. The van der Waals surface area contributed by atoms with E-state index in [0.29, 0.717) is 75.3 Å². The molecule has 1 fully saturated rings. The highest BCUT2D eigenvalue weighted by molar-refractivity contribution is 7.90. The van der Waals surface area contributed by atoms with Gasteiger partial charge in [-0.25, -0.2) is 30.8 Å². The van der Waals surface area contributed by atoms with Crippen molar-refractivity contribution in [1.29, 1.82) is 0 Å². The van der Waals surface area contributed by atoms with Crippen LogP contribution in [0.4, 0.5) is 4.39 Å². The highest BCUT2D eigenvalue weighted by Crippen LogP contribution is 2.40. The second kappa shape index (κ2) is 22.0. The molecular weight excluding hydrogens is 959 g/mol. The smallest absolute Gasteiger partial charge is 0.352 e. The molecule has 2 aromatic heterocycles. The number of nitrogens with two attached hydrogens (primary N) is 1. The molecule has 7 N–H and O–H groups in total. The minimum atomic E-state index is -3.41. The number of carbonyl (C=O) groups is 2. The molecule has 0 spiro atoms. The maximum absolute atomic E-state index is 14.7. The van der Waals surface area contributed by atoms with Gasteiger partial charge in [0.25, 0.3) is 0 Å². The Morgan fingerprint density at radius 1 is 0.714 bits per heavy atom. The Balaban J connectivity index is 0.000000207. The van der Waals surface area contributed by atoms with Crippen LogP contribution in [-0.4, -0.2) is 81.2 Å². The van der Waals surface area contributed by atoms with Crippen LogP contribution < -0.4 is 11.1 Å². The molecule has 0 bridgehead atoms. The quantitative estimate of drug-likeness (QED) is 0.0501. The predicted molar refractivity (Wildman–Crippen MR) is 271 cm³/mol. The van der Waals surface area contributed by atoms with Gasteiger partial charge < -0.3 is 40.7 Å². The third-order valence-corrected chi connectivity index (χ3v) is 14.4. The van der Waals surface area contributed by atoms with E-state index < -0.39 is 43.2 Å². The molecule has 0 amide bonds. The number of aromatic carboxylic acids is 2. The molecule has 1 aliphatic rings. The molecule has 14 nitrogen and oxygen atoms in total. The SMILES string of the molecule is CC(OCC1CCNCC1)c1cccc2c(-c3ccc(CS(C)(=O)=O)c(F)c3)c(C(=O)O)[nH]c12.CC(OCc1ccc(CN)cc1)c1cccc2c(-c3ccc(CS(C)(=O)=O)c(Cl)c3)c(C(=O)O)[nH]c12. The van der Waals surface area contributed by atoms with Crippen molar-refractivity contribution in [3.05, 3.63) is 153 Å². The average Bonchev–Trinajstić information content (AvgIpc) is 3.92. The molecule has 1 saturated heterocycles. The largest absolute Gasteiger partial charge is 0.477 e. The molecule has 370 valence electrons. The molecule has 2 unspecified atom stereocenters. The number of sulfone groups is 2. The number of benzene rings is 5. The summed E-state index contributed by atoms with van der Waals surface area (Å²) in [4.78, 5) is 30.3. The highest BCUT2D eigenvalue weighted by Gasteiger charge is 2.26. The minimum Gasteiger partial charge on any atom is -0.477 e. The van der Waals surface area contributed by atoms with Gasteiger partial charge >= 0.3 is 11.9 Å². The normalized spacial score (nSPS) is 14.3. The Morgan fingerprint density at radius 3 is 1.69 bits per heavy atom. The van der Waals surface area contributed by atoms with E-state index in [1.807, 2.05) is 68.4 Å². The van der Waals surface area contributed by atoms with Crippen molar-refractivity contribution in [3.8, 4) is 22.3 Å². The Kier molecular flexibility index (Phi) is 16.3. The van der Waals surface area contributed by atoms with Crippen LogP contribution in [0.25, 0.3) is 44.1 Å². The van der Waals surface area contributed by atoms with E-state index in [1.165, 1.54) is 12.1 Å². The molecule has 0 radical (unpaired) electrons. The number of H-pyrrole nitrogens is 2. The van der Waals surface area contributed by atoms with Gasteiger partial charge in [0.15, 0.2) is 19.7 Å². The molecule has 0 saturated carbocycles. The minimum absolute atomic E-state index is 0.0222. The molecule has 8 rings (SSSR count). The van der Waals surface area contributed by atoms with Crippen molar-refractivity contribution in [2.45, 2.75) is 63.6 Å². The average molecular weight is 1020 g/mol. The lowest BCUT2D eigenvalue weighted by atomic mass is 9.98. The zero-order valence-electron chi connectivity index (χ0n) is 39.1. The number of halogens is 2. The summed E-state index contributed by atoms with van der Waals surface area (Å²) in [6, 6.07) is 28.1. The highest BCUT2D eigenvalue weighted by atomic mass is 35.5. The number of rotatable bonds is 17. The molecular formula is C52H56ClFN4O10S2. The number of hydrogen-bond donors (Lipinski definition) is 6. The van der Waals surface area contributed by atoms with E-state index in [9.17, 15) is 41.0 Å². The van der Waals surface area contributed by atoms with E-state index in [1.54, 1.807) is 30.3 Å². The van der Waals surface area contributed by atoms with Crippen LogP contribution in [0.5, 0.6) is 0 Å². The molecule has 5 aromatic carbocycles. The number of fused-ring (bicyclic) bond motifs is 2. The van der Waals surface area contributed by atoms with Gasteiger partial charge in [0, 0.05) is 62.7 Å². The number of aromatic amines is 2. The maximum atomic E-state index is 14.7. The molecule has 70 heavy (non-hydrogen) atoms. The van der Waals surface area contributed by atoms with Crippen LogP contribution in [-0.2, 0) is 53.8 Å². The van der Waals surface area contributed by atoms with Gasteiger partial charge in [0.2, 0.25) is 0 Å². The third-order valence-electron chi connectivity index (χ3n) is 12.4. The number of aromatic nitrogens is 2. The van der Waals surface area contributed by atoms with Gasteiger partial charge in [0.1, 0.15) is 17.2 Å². The molecule has 3 heterocycles. The zero-order valence-corrected chi connectivity index (χ0v) is 41.5. The second-order valence-electron chi connectivity index (χ2n) is 17.8. The first kappa shape index (κ1) is 51.9. The Morgan fingerprint density at radius 2 is 1.20 bits per heavy atom. The lowest BCUT2D eigenvalue weighted by molar-refractivity contribution is 0.0326. The van der Waals surface area contributed by atoms with Crippen molar-refractivity contribution in [2.75, 3.05) is 32.2 Å². The number of carboxylic acid groups (broad SMARTS) is 2. The van der Waals surface area contributed by atoms with E-state index >= 15 is 0 Å². The Bertz CT molecular complexity index is 3280. The zero-order chi connectivity index (χ0) is 50.5. The van der Waals surface area contributed by atoms with Gasteiger partial charge in [-0.05, 0) is 85.6 Å². The van der Waals surface area contributed by atoms with Gasteiger partial charge in [0.05, 0.1) is 48.0 Å². The van der Waals surface area contributed by atoms with Gasteiger partial charge in [-0.15, -0.1) is 0 Å². The van der Waals surface area contributed by atoms with E-state index in [-0.39, 0.29) is 39.9 Å². The molecule has 0 aliphatic carbocycles. The summed E-state index contributed by atoms with van der Waals surface area (Å²) >= 11 is 6.39. The monoisotopic (exact) mass is 1010 g/mol. The van der Waals surface area contributed by atoms with Crippen LogP contribution in [0, 0.1) is 11.7 Å². The van der Waals surface area contributed by atoms with Crippen LogP contribution in [0.3, 0.4) is 0 Å².